The van der Waals surface area contributed by atoms with Crippen LogP contribution in [0.2, 0.25) is 0 Å². The predicted molar refractivity (Wildman–Crippen MR) is 65.7 cm³/mol. The first-order valence-corrected chi connectivity index (χ1v) is 5.74. The Balaban J connectivity index is 2.07. The van der Waals surface area contributed by atoms with Crippen molar-refractivity contribution in [2.75, 3.05) is 27.5 Å². The molecule has 5 heteroatoms. The van der Waals surface area contributed by atoms with E-state index in [1.165, 1.54) is 7.11 Å². The molecule has 1 aromatic carbocycles. The molecular formula is C13H17NO4. The Morgan fingerprint density at radius 1 is 1.39 bits per heavy atom. The third-order valence-electron chi connectivity index (χ3n) is 2.90. The van der Waals surface area contributed by atoms with Crippen molar-refractivity contribution in [2.45, 2.75) is 13.5 Å². The van der Waals surface area contributed by atoms with E-state index in [0.717, 1.165) is 22.6 Å². The van der Waals surface area contributed by atoms with Gasteiger partial charge < -0.3 is 14.2 Å². The molecule has 2 rings (SSSR count). The van der Waals surface area contributed by atoms with Crippen LogP contribution in [-0.4, -0.2) is 38.4 Å². The van der Waals surface area contributed by atoms with E-state index in [0.29, 0.717) is 6.54 Å². The van der Waals surface area contributed by atoms with Crippen molar-refractivity contribution in [3.05, 3.63) is 23.3 Å². The Labute approximate surface area is 106 Å². The minimum Gasteiger partial charge on any atom is -0.468 e. The first-order chi connectivity index (χ1) is 8.60. The number of rotatable bonds is 4. The van der Waals surface area contributed by atoms with Gasteiger partial charge in [-0.2, -0.15) is 0 Å². The topological polar surface area (TPSA) is 48.0 Å². The van der Waals surface area contributed by atoms with Crippen molar-refractivity contribution in [1.82, 2.24) is 4.90 Å². The molecular weight excluding hydrogens is 234 g/mol. The molecule has 0 fully saturated rings. The molecule has 1 aromatic rings. The first kappa shape index (κ1) is 12.7. The van der Waals surface area contributed by atoms with Crippen molar-refractivity contribution in [2.24, 2.45) is 0 Å². The fourth-order valence-electron chi connectivity index (χ4n) is 1.89. The second kappa shape index (κ2) is 5.27. The summed E-state index contributed by atoms with van der Waals surface area (Å²) in [6.07, 6.45) is 0. The molecule has 0 saturated carbocycles. The van der Waals surface area contributed by atoms with Crippen molar-refractivity contribution in [1.29, 1.82) is 0 Å². The molecule has 1 aliphatic rings. The minimum atomic E-state index is -0.240. The fraction of sp³-hybridized carbons (Fsp3) is 0.462. The van der Waals surface area contributed by atoms with Gasteiger partial charge >= 0.3 is 5.97 Å². The van der Waals surface area contributed by atoms with Gasteiger partial charge in [0.1, 0.15) is 0 Å². The molecule has 0 aliphatic carbocycles. The highest BCUT2D eigenvalue weighted by molar-refractivity contribution is 5.71. The summed E-state index contributed by atoms with van der Waals surface area (Å²) in [6.45, 7) is 3.22. The van der Waals surface area contributed by atoms with Gasteiger partial charge in [-0.1, -0.05) is 0 Å². The standard InChI is InChI=1S/C13H17NO4/c1-9-4-11-12(18-8-17-11)5-10(9)6-14(2)7-13(15)16-3/h4-5H,6-8H2,1-3H3. The second-order valence-corrected chi connectivity index (χ2v) is 4.38. The molecule has 0 unspecified atom stereocenters. The van der Waals surface area contributed by atoms with Crippen LogP contribution in [0.1, 0.15) is 11.1 Å². The van der Waals surface area contributed by atoms with Crippen LogP contribution in [0.4, 0.5) is 0 Å². The van der Waals surface area contributed by atoms with Crippen LogP contribution in [-0.2, 0) is 16.1 Å². The summed E-state index contributed by atoms with van der Waals surface area (Å²) < 4.78 is 15.3. The number of ether oxygens (including phenoxy) is 3. The zero-order chi connectivity index (χ0) is 13.1. The maximum atomic E-state index is 11.2. The summed E-state index contributed by atoms with van der Waals surface area (Å²) in [5.41, 5.74) is 2.24. The van der Waals surface area contributed by atoms with E-state index in [-0.39, 0.29) is 19.3 Å². The highest BCUT2D eigenvalue weighted by Crippen LogP contribution is 2.34. The minimum absolute atomic E-state index is 0.240. The highest BCUT2D eigenvalue weighted by Gasteiger charge is 2.16. The van der Waals surface area contributed by atoms with Crippen LogP contribution in [0.3, 0.4) is 0 Å². The molecule has 0 saturated heterocycles. The predicted octanol–water partition coefficient (Wildman–Crippen LogP) is 1.33. The lowest BCUT2D eigenvalue weighted by Gasteiger charge is -2.17. The number of carbonyl (C=O) groups excluding carboxylic acids is 1. The molecule has 5 nitrogen and oxygen atoms in total. The summed E-state index contributed by atoms with van der Waals surface area (Å²) >= 11 is 0. The molecule has 98 valence electrons. The van der Waals surface area contributed by atoms with Gasteiger partial charge in [-0.3, -0.25) is 9.69 Å². The molecule has 0 N–H and O–H groups in total. The SMILES string of the molecule is COC(=O)CN(C)Cc1cc2c(cc1C)OCO2. The molecule has 0 atom stereocenters. The van der Waals surface area contributed by atoms with E-state index in [2.05, 4.69) is 4.74 Å². The van der Waals surface area contributed by atoms with E-state index >= 15 is 0 Å². The Bertz CT molecular complexity index is 459. The number of benzene rings is 1. The molecule has 18 heavy (non-hydrogen) atoms. The molecule has 1 heterocycles. The van der Waals surface area contributed by atoms with Gasteiger partial charge in [-0.25, -0.2) is 0 Å². The Morgan fingerprint density at radius 3 is 2.72 bits per heavy atom. The van der Waals surface area contributed by atoms with Crippen molar-refractivity contribution < 1.29 is 19.0 Å². The summed E-state index contributed by atoms with van der Waals surface area (Å²) in [5, 5.41) is 0. The van der Waals surface area contributed by atoms with Gasteiger partial charge in [0.05, 0.1) is 13.7 Å². The van der Waals surface area contributed by atoms with Gasteiger partial charge in [-0.15, -0.1) is 0 Å². The van der Waals surface area contributed by atoms with Crippen LogP contribution in [0.15, 0.2) is 12.1 Å². The molecule has 1 aliphatic heterocycles. The zero-order valence-corrected chi connectivity index (χ0v) is 10.9. The third kappa shape index (κ3) is 2.73. The van der Waals surface area contributed by atoms with Crippen LogP contribution in [0, 0.1) is 6.92 Å². The number of nitrogens with zero attached hydrogens (tertiary/aromatic N) is 1. The smallest absolute Gasteiger partial charge is 0.319 e. The molecule has 0 bridgehead atoms. The quantitative estimate of drug-likeness (QED) is 0.755. The average molecular weight is 251 g/mol. The maximum absolute atomic E-state index is 11.2. The van der Waals surface area contributed by atoms with E-state index in [4.69, 9.17) is 9.47 Å². The largest absolute Gasteiger partial charge is 0.468 e. The monoisotopic (exact) mass is 251 g/mol. The van der Waals surface area contributed by atoms with Gasteiger partial charge in [-0.05, 0) is 37.2 Å². The maximum Gasteiger partial charge on any atom is 0.319 e. The molecule has 0 amide bonds. The van der Waals surface area contributed by atoms with E-state index < -0.39 is 0 Å². The van der Waals surface area contributed by atoms with Crippen molar-refractivity contribution in [3.8, 4) is 11.5 Å². The number of fused-ring (bicyclic) bond motifs is 1. The number of carbonyl (C=O) groups is 1. The lowest BCUT2D eigenvalue weighted by Crippen LogP contribution is -2.26. The number of methoxy groups -OCH3 is 1. The van der Waals surface area contributed by atoms with Gasteiger partial charge in [0.25, 0.3) is 0 Å². The summed E-state index contributed by atoms with van der Waals surface area (Å²) in [7, 11) is 3.27. The van der Waals surface area contributed by atoms with Gasteiger partial charge in [0, 0.05) is 6.54 Å². The number of likely N-dealkylation sites (N-methyl/N-ethyl adjacent to an activating group) is 1. The molecule has 0 aromatic heterocycles. The molecule has 0 spiro atoms. The first-order valence-electron chi connectivity index (χ1n) is 5.74. The Kier molecular flexibility index (Phi) is 3.72. The summed E-state index contributed by atoms with van der Waals surface area (Å²) in [4.78, 5) is 13.1. The number of hydrogen-bond donors (Lipinski definition) is 0. The second-order valence-electron chi connectivity index (χ2n) is 4.38. The van der Waals surface area contributed by atoms with E-state index in [1.54, 1.807) is 0 Å². The van der Waals surface area contributed by atoms with Crippen molar-refractivity contribution in [3.63, 3.8) is 0 Å². The van der Waals surface area contributed by atoms with Crippen LogP contribution < -0.4 is 9.47 Å². The summed E-state index contributed by atoms with van der Waals surface area (Å²) in [6, 6.07) is 3.93. The van der Waals surface area contributed by atoms with E-state index in [9.17, 15) is 4.79 Å². The Morgan fingerprint density at radius 2 is 2.06 bits per heavy atom. The zero-order valence-electron chi connectivity index (χ0n) is 10.9. The average Bonchev–Trinajstić information content (AvgIpc) is 2.76. The number of esters is 1. The van der Waals surface area contributed by atoms with Crippen LogP contribution >= 0.6 is 0 Å². The Hall–Kier alpha value is -1.75. The van der Waals surface area contributed by atoms with Gasteiger partial charge in [0.15, 0.2) is 11.5 Å². The fourth-order valence-corrected chi connectivity index (χ4v) is 1.89. The summed E-state index contributed by atoms with van der Waals surface area (Å²) in [5.74, 6) is 1.31. The van der Waals surface area contributed by atoms with Crippen molar-refractivity contribution >= 4 is 5.97 Å². The lowest BCUT2D eigenvalue weighted by atomic mass is 10.1. The van der Waals surface area contributed by atoms with E-state index in [1.807, 2.05) is 31.0 Å². The third-order valence-corrected chi connectivity index (χ3v) is 2.90. The highest BCUT2D eigenvalue weighted by atomic mass is 16.7. The normalized spacial score (nSPS) is 12.9. The number of aryl methyl sites for hydroxylation is 1. The van der Waals surface area contributed by atoms with Crippen LogP contribution in [0.5, 0.6) is 11.5 Å². The number of hydrogen-bond acceptors (Lipinski definition) is 5. The van der Waals surface area contributed by atoms with Gasteiger partial charge in [0.2, 0.25) is 6.79 Å². The molecule has 0 radical (unpaired) electrons. The van der Waals surface area contributed by atoms with Crippen LogP contribution in [0.25, 0.3) is 0 Å². The lowest BCUT2D eigenvalue weighted by molar-refractivity contribution is -0.141.